The Morgan fingerprint density at radius 3 is 2.81 bits per heavy atom. The van der Waals surface area contributed by atoms with Gasteiger partial charge in [0, 0.05) is 13.0 Å². The van der Waals surface area contributed by atoms with E-state index in [0.717, 1.165) is 32.3 Å². The highest BCUT2D eigenvalue weighted by Crippen LogP contribution is 2.26. The summed E-state index contributed by atoms with van der Waals surface area (Å²) in [6.45, 7) is 11.0. The predicted molar refractivity (Wildman–Crippen MR) is 67.3 cm³/mol. The first-order valence-electron chi connectivity index (χ1n) is 6.12. The quantitative estimate of drug-likeness (QED) is 0.638. The van der Waals surface area contributed by atoms with Crippen molar-refractivity contribution in [2.75, 3.05) is 6.61 Å². The van der Waals surface area contributed by atoms with Crippen molar-refractivity contribution in [3.05, 3.63) is 24.3 Å². The molecule has 1 rings (SSSR count). The van der Waals surface area contributed by atoms with Gasteiger partial charge < -0.3 is 9.47 Å². The Morgan fingerprint density at radius 2 is 2.31 bits per heavy atom. The largest absolute Gasteiger partial charge is 0.353 e. The van der Waals surface area contributed by atoms with E-state index in [0.29, 0.717) is 0 Å². The van der Waals surface area contributed by atoms with Gasteiger partial charge in [-0.2, -0.15) is 0 Å². The minimum Gasteiger partial charge on any atom is -0.353 e. The van der Waals surface area contributed by atoms with Gasteiger partial charge in [0.05, 0.1) is 5.60 Å². The molecule has 0 aromatic carbocycles. The fourth-order valence-electron chi connectivity index (χ4n) is 1.80. The molecule has 0 aromatic rings. The van der Waals surface area contributed by atoms with Gasteiger partial charge in [-0.15, -0.1) is 6.58 Å². The molecule has 1 saturated heterocycles. The molecule has 0 aromatic heterocycles. The second kappa shape index (κ2) is 6.21. The van der Waals surface area contributed by atoms with Crippen LogP contribution in [0.2, 0.25) is 0 Å². The summed E-state index contributed by atoms with van der Waals surface area (Å²) in [4.78, 5) is 0. The van der Waals surface area contributed by atoms with E-state index in [1.54, 1.807) is 0 Å². The van der Waals surface area contributed by atoms with Crippen LogP contribution in [0.5, 0.6) is 0 Å². The van der Waals surface area contributed by atoms with E-state index >= 15 is 0 Å². The van der Waals surface area contributed by atoms with Gasteiger partial charge in [-0.3, -0.25) is 0 Å². The number of hydrogen-bond acceptors (Lipinski definition) is 2. The molecule has 0 aliphatic carbocycles. The van der Waals surface area contributed by atoms with E-state index in [4.69, 9.17) is 9.47 Å². The molecule has 0 amide bonds. The molecule has 2 atom stereocenters. The van der Waals surface area contributed by atoms with Gasteiger partial charge >= 0.3 is 0 Å². The maximum atomic E-state index is 5.96. The number of ether oxygens (including phenoxy) is 2. The lowest BCUT2D eigenvalue weighted by Crippen LogP contribution is -2.31. The van der Waals surface area contributed by atoms with Crippen molar-refractivity contribution in [2.45, 2.75) is 58.3 Å². The molecule has 1 aliphatic heterocycles. The van der Waals surface area contributed by atoms with Crippen LogP contribution in [0.4, 0.5) is 0 Å². The van der Waals surface area contributed by atoms with E-state index in [2.05, 4.69) is 33.4 Å². The first-order valence-corrected chi connectivity index (χ1v) is 6.12. The Labute approximate surface area is 99.3 Å². The molecule has 0 N–H and O–H groups in total. The Bertz CT molecular complexity index is 247. The molecule has 0 bridgehead atoms. The molecule has 0 radical (unpaired) electrons. The number of rotatable bonds is 6. The molecule has 0 spiro atoms. The summed E-state index contributed by atoms with van der Waals surface area (Å²) >= 11 is 0. The van der Waals surface area contributed by atoms with Gasteiger partial charge in [-0.05, 0) is 40.0 Å². The van der Waals surface area contributed by atoms with Crippen LogP contribution in [0, 0.1) is 0 Å². The maximum Gasteiger partial charge on any atom is 0.158 e. The van der Waals surface area contributed by atoms with Crippen molar-refractivity contribution < 1.29 is 9.47 Å². The average molecular weight is 224 g/mol. The van der Waals surface area contributed by atoms with Crippen LogP contribution < -0.4 is 0 Å². The predicted octanol–water partition coefficient (Wildman–Crippen LogP) is 3.83. The summed E-state index contributed by atoms with van der Waals surface area (Å²) in [5.74, 6) is 0. The van der Waals surface area contributed by atoms with E-state index in [1.807, 2.05) is 6.08 Å². The average Bonchev–Trinajstić information content (AvgIpc) is 2.69. The van der Waals surface area contributed by atoms with Gasteiger partial charge in [-0.25, -0.2) is 0 Å². The van der Waals surface area contributed by atoms with Crippen molar-refractivity contribution >= 4 is 0 Å². The normalized spacial score (nSPS) is 23.8. The van der Waals surface area contributed by atoms with Crippen LogP contribution >= 0.6 is 0 Å². The lowest BCUT2D eigenvalue weighted by molar-refractivity contribution is -0.168. The zero-order chi connectivity index (χ0) is 12.0. The zero-order valence-corrected chi connectivity index (χ0v) is 10.8. The van der Waals surface area contributed by atoms with Crippen molar-refractivity contribution in [2.24, 2.45) is 0 Å². The highest BCUT2D eigenvalue weighted by Gasteiger charge is 2.27. The molecule has 1 fully saturated rings. The summed E-state index contributed by atoms with van der Waals surface area (Å²) in [6.07, 6.45) is 8.19. The molecule has 16 heavy (non-hydrogen) atoms. The van der Waals surface area contributed by atoms with Gasteiger partial charge in [0.2, 0.25) is 0 Å². The molecule has 0 unspecified atom stereocenters. The van der Waals surface area contributed by atoms with Gasteiger partial charge in [0.25, 0.3) is 0 Å². The highest BCUT2D eigenvalue weighted by atomic mass is 16.7. The first-order chi connectivity index (χ1) is 7.56. The Balaban J connectivity index is 2.41. The van der Waals surface area contributed by atoms with Crippen LogP contribution in [-0.4, -0.2) is 18.5 Å². The molecule has 0 saturated carbocycles. The van der Waals surface area contributed by atoms with E-state index in [9.17, 15) is 0 Å². The molecule has 1 heterocycles. The molecule has 2 heteroatoms. The van der Waals surface area contributed by atoms with Crippen LogP contribution in [0.25, 0.3) is 0 Å². The van der Waals surface area contributed by atoms with E-state index in [-0.39, 0.29) is 11.9 Å². The summed E-state index contributed by atoms with van der Waals surface area (Å²) in [6, 6.07) is 0. The van der Waals surface area contributed by atoms with E-state index in [1.165, 1.54) is 5.57 Å². The lowest BCUT2D eigenvalue weighted by Gasteiger charge is -2.29. The maximum absolute atomic E-state index is 5.96. The van der Waals surface area contributed by atoms with E-state index < -0.39 is 0 Å². The summed E-state index contributed by atoms with van der Waals surface area (Å²) in [5, 5.41) is 0. The third-order valence-corrected chi connectivity index (χ3v) is 2.91. The van der Waals surface area contributed by atoms with Gasteiger partial charge in [0.1, 0.15) is 0 Å². The van der Waals surface area contributed by atoms with Crippen molar-refractivity contribution in [3.63, 3.8) is 0 Å². The Hall–Kier alpha value is -0.600. The van der Waals surface area contributed by atoms with Crippen molar-refractivity contribution in [3.8, 4) is 0 Å². The van der Waals surface area contributed by atoms with Crippen LogP contribution in [0.15, 0.2) is 24.3 Å². The lowest BCUT2D eigenvalue weighted by atomic mass is 9.99. The summed E-state index contributed by atoms with van der Waals surface area (Å²) in [7, 11) is 0. The molecule has 2 nitrogen and oxygen atoms in total. The zero-order valence-electron chi connectivity index (χ0n) is 10.8. The Morgan fingerprint density at radius 1 is 1.56 bits per heavy atom. The minimum atomic E-state index is -0.263. The Kier molecular flexibility index (Phi) is 5.23. The minimum absolute atomic E-state index is 0.0327. The second-order valence-electron chi connectivity index (χ2n) is 4.90. The first kappa shape index (κ1) is 13.5. The molecule has 92 valence electrons. The van der Waals surface area contributed by atoms with Crippen LogP contribution in [0.3, 0.4) is 0 Å². The van der Waals surface area contributed by atoms with Crippen LogP contribution in [0.1, 0.15) is 46.5 Å². The SMILES string of the molecule is C=C[C@@](C)(CCC=C(C)C)O[C@@H]1CCCO1. The summed E-state index contributed by atoms with van der Waals surface area (Å²) in [5.41, 5.74) is 1.09. The molecular weight excluding hydrogens is 200 g/mol. The molecular formula is C14H24O2. The smallest absolute Gasteiger partial charge is 0.158 e. The number of hydrogen-bond donors (Lipinski definition) is 0. The molecule has 1 aliphatic rings. The highest BCUT2D eigenvalue weighted by molar-refractivity contribution is 4.99. The van der Waals surface area contributed by atoms with Gasteiger partial charge in [0.15, 0.2) is 6.29 Å². The van der Waals surface area contributed by atoms with Crippen molar-refractivity contribution in [1.82, 2.24) is 0 Å². The fraction of sp³-hybridized carbons (Fsp3) is 0.714. The third kappa shape index (κ3) is 4.50. The second-order valence-corrected chi connectivity index (χ2v) is 4.90. The summed E-state index contributed by atoms with van der Waals surface area (Å²) < 4.78 is 11.5. The number of allylic oxidation sites excluding steroid dienone is 2. The monoisotopic (exact) mass is 224 g/mol. The fourth-order valence-corrected chi connectivity index (χ4v) is 1.80. The third-order valence-electron chi connectivity index (χ3n) is 2.91. The standard InChI is InChI=1S/C14H24O2/c1-5-14(4,10-6-8-12(2)3)16-13-9-7-11-15-13/h5,8,13H,1,6-7,9-11H2,2-4H3/t13-,14+/m1/s1. The van der Waals surface area contributed by atoms with Gasteiger partial charge in [-0.1, -0.05) is 17.7 Å². The van der Waals surface area contributed by atoms with Crippen LogP contribution in [-0.2, 0) is 9.47 Å². The topological polar surface area (TPSA) is 18.5 Å². The van der Waals surface area contributed by atoms with Crippen molar-refractivity contribution in [1.29, 1.82) is 0 Å².